The van der Waals surface area contributed by atoms with Crippen LogP contribution in [-0.4, -0.2) is 28.2 Å². The van der Waals surface area contributed by atoms with Gasteiger partial charge in [0.2, 0.25) is 0 Å². The van der Waals surface area contributed by atoms with E-state index in [1.807, 2.05) is 30.3 Å². The third kappa shape index (κ3) is 5.84. The molecule has 2 atom stereocenters. The van der Waals surface area contributed by atoms with Crippen LogP contribution in [0.2, 0.25) is 0 Å². The van der Waals surface area contributed by atoms with Gasteiger partial charge in [0.15, 0.2) is 0 Å². The number of carbonyl (C=O) groups is 2. The lowest BCUT2D eigenvalue weighted by molar-refractivity contribution is -0.143. The van der Waals surface area contributed by atoms with Crippen LogP contribution in [0.25, 0.3) is 0 Å². The molecule has 0 heterocycles. The second-order valence-corrected chi connectivity index (χ2v) is 4.95. The average Bonchev–Trinajstić information content (AvgIpc) is 2.42. The van der Waals surface area contributed by atoms with Crippen LogP contribution in [0.15, 0.2) is 30.3 Å². The number of hydrogen-bond donors (Lipinski definition) is 3. The average molecular weight is 279 g/mol. The van der Waals surface area contributed by atoms with Crippen molar-refractivity contribution in [2.45, 2.75) is 38.1 Å². The van der Waals surface area contributed by atoms with Crippen LogP contribution in [0.1, 0.15) is 31.2 Å². The molecule has 0 fully saturated rings. The largest absolute Gasteiger partial charge is 0.481 e. The Morgan fingerprint density at radius 1 is 1.05 bits per heavy atom. The quantitative estimate of drug-likeness (QED) is 0.599. The summed E-state index contributed by atoms with van der Waals surface area (Å²) in [5.41, 5.74) is 6.61. The van der Waals surface area contributed by atoms with Gasteiger partial charge in [-0.25, -0.2) is 0 Å². The van der Waals surface area contributed by atoms with E-state index in [2.05, 4.69) is 0 Å². The van der Waals surface area contributed by atoms with Gasteiger partial charge in [-0.05, 0) is 31.2 Å². The molecular formula is C15H21NO4. The summed E-state index contributed by atoms with van der Waals surface area (Å²) >= 11 is 0. The van der Waals surface area contributed by atoms with Crippen molar-refractivity contribution in [3.05, 3.63) is 35.9 Å². The van der Waals surface area contributed by atoms with E-state index in [9.17, 15) is 9.59 Å². The molecule has 0 aliphatic heterocycles. The number of carboxylic acids is 2. The highest BCUT2D eigenvalue weighted by Gasteiger charge is 2.23. The number of rotatable bonds is 9. The third-order valence-corrected chi connectivity index (χ3v) is 3.32. The van der Waals surface area contributed by atoms with E-state index in [-0.39, 0.29) is 6.42 Å². The van der Waals surface area contributed by atoms with Gasteiger partial charge in [-0.3, -0.25) is 9.59 Å². The van der Waals surface area contributed by atoms with E-state index in [0.717, 1.165) is 19.3 Å². The molecule has 4 N–H and O–H groups in total. The monoisotopic (exact) mass is 279 g/mol. The number of aliphatic carboxylic acids is 2. The van der Waals surface area contributed by atoms with Gasteiger partial charge in [0.05, 0.1) is 5.92 Å². The van der Waals surface area contributed by atoms with E-state index in [4.69, 9.17) is 15.9 Å². The molecule has 0 radical (unpaired) electrons. The number of hydrogen-bond acceptors (Lipinski definition) is 3. The van der Waals surface area contributed by atoms with E-state index in [0.29, 0.717) is 6.42 Å². The van der Waals surface area contributed by atoms with Crippen molar-refractivity contribution < 1.29 is 19.8 Å². The van der Waals surface area contributed by atoms with Crippen LogP contribution < -0.4 is 5.73 Å². The van der Waals surface area contributed by atoms with Gasteiger partial charge in [0, 0.05) is 0 Å². The fraction of sp³-hybridized carbons (Fsp3) is 0.467. The molecule has 0 spiro atoms. The predicted molar refractivity (Wildman–Crippen MR) is 75.4 cm³/mol. The maximum atomic E-state index is 11.1. The summed E-state index contributed by atoms with van der Waals surface area (Å²) in [4.78, 5) is 21.7. The highest BCUT2D eigenvalue weighted by atomic mass is 16.4. The third-order valence-electron chi connectivity index (χ3n) is 3.32. The number of aryl methyl sites for hydroxylation is 1. The molecule has 0 saturated carbocycles. The summed E-state index contributed by atoms with van der Waals surface area (Å²) in [7, 11) is 0. The zero-order valence-corrected chi connectivity index (χ0v) is 11.4. The van der Waals surface area contributed by atoms with E-state index in [1.54, 1.807) is 0 Å². The molecule has 1 aromatic carbocycles. The van der Waals surface area contributed by atoms with Crippen molar-refractivity contribution in [2.75, 3.05) is 0 Å². The highest BCUT2D eigenvalue weighted by Crippen LogP contribution is 2.16. The van der Waals surface area contributed by atoms with Crippen molar-refractivity contribution in [3.63, 3.8) is 0 Å². The maximum absolute atomic E-state index is 11.1. The molecule has 0 amide bonds. The van der Waals surface area contributed by atoms with Crippen LogP contribution in [0, 0.1) is 5.92 Å². The van der Waals surface area contributed by atoms with Crippen molar-refractivity contribution in [3.8, 4) is 0 Å². The van der Waals surface area contributed by atoms with Gasteiger partial charge in [-0.2, -0.15) is 0 Å². The van der Waals surface area contributed by atoms with Crippen LogP contribution in [-0.2, 0) is 16.0 Å². The first-order chi connectivity index (χ1) is 9.50. The van der Waals surface area contributed by atoms with Crippen LogP contribution in [0.3, 0.4) is 0 Å². The van der Waals surface area contributed by atoms with Crippen molar-refractivity contribution in [1.82, 2.24) is 0 Å². The minimum Gasteiger partial charge on any atom is -0.481 e. The Balaban J connectivity index is 2.32. The molecule has 0 aliphatic rings. The summed E-state index contributed by atoms with van der Waals surface area (Å²) in [6, 6.07) is 8.87. The summed E-state index contributed by atoms with van der Waals surface area (Å²) < 4.78 is 0. The molecule has 5 nitrogen and oxygen atoms in total. The first-order valence-corrected chi connectivity index (χ1v) is 6.76. The molecular weight excluding hydrogens is 258 g/mol. The highest BCUT2D eigenvalue weighted by molar-refractivity contribution is 5.75. The van der Waals surface area contributed by atoms with Gasteiger partial charge >= 0.3 is 11.9 Å². The minimum absolute atomic E-state index is 0.0179. The van der Waals surface area contributed by atoms with Crippen LogP contribution >= 0.6 is 0 Å². The smallest absolute Gasteiger partial charge is 0.320 e. The normalized spacial score (nSPS) is 13.7. The van der Waals surface area contributed by atoms with Crippen molar-refractivity contribution in [2.24, 2.45) is 11.7 Å². The second kappa shape index (κ2) is 8.32. The lowest BCUT2D eigenvalue weighted by Gasteiger charge is -2.14. The zero-order valence-electron chi connectivity index (χ0n) is 11.4. The van der Waals surface area contributed by atoms with Crippen molar-refractivity contribution >= 4 is 11.9 Å². The number of carboxylic acid groups (broad SMARTS) is 2. The Bertz CT molecular complexity index is 433. The molecule has 5 heteroatoms. The molecule has 0 saturated heterocycles. The fourth-order valence-electron chi connectivity index (χ4n) is 2.11. The van der Waals surface area contributed by atoms with Gasteiger partial charge in [-0.15, -0.1) is 0 Å². The van der Waals surface area contributed by atoms with Gasteiger partial charge in [0.1, 0.15) is 6.04 Å². The summed E-state index contributed by atoms with van der Waals surface area (Å²) in [5.74, 6) is -2.81. The molecule has 0 aliphatic carbocycles. The standard InChI is InChI=1S/C15H21NO4/c16-13(15(19)20)10-12(14(17)18)9-5-4-8-11-6-2-1-3-7-11/h1-3,6-7,12-13H,4-5,8-10,16H2,(H,17,18)(H,19,20)/t12-,13+/m1/s1. The Morgan fingerprint density at radius 2 is 1.70 bits per heavy atom. The van der Waals surface area contributed by atoms with E-state index in [1.165, 1.54) is 5.56 Å². The van der Waals surface area contributed by atoms with Crippen molar-refractivity contribution in [1.29, 1.82) is 0 Å². The van der Waals surface area contributed by atoms with Gasteiger partial charge in [0.25, 0.3) is 0 Å². The number of benzene rings is 1. The minimum atomic E-state index is -1.15. The Labute approximate surface area is 118 Å². The Morgan fingerprint density at radius 3 is 2.25 bits per heavy atom. The van der Waals surface area contributed by atoms with Crippen LogP contribution in [0.4, 0.5) is 0 Å². The first kappa shape index (κ1) is 16.2. The summed E-state index contributed by atoms with van der Waals surface area (Å²) in [6.07, 6.45) is 2.98. The predicted octanol–water partition coefficient (Wildman–Crippen LogP) is 1.90. The summed E-state index contributed by atoms with van der Waals surface area (Å²) in [5, 5.41) is 17.8. The summed E-state index contributed by atoms with van der Waals surface area (Å²) in [6.45, 7) is 0. The second-order valence-electron chi connectivity index (χ2n) is 4.95. The SMILES string of the molecule is N[C@@H](C[C@@H](CCCCc1ccccc1)C(=O)O)C(=O)O. The number of unbranched alkanes of at least 4 members (excludes halogenated alkanes) is 1. The zero-order chi connectivity index (χ0) is 15.0. The fourth-order valence-corrected chi connectivity index (χ4v) is 2.11. The molecule has 1 aromatic rings. The van der Waals surface area contributed by atoms with E-state index >= 15 is 0 Å². The number of nitrogens with two attached hydrogens (primary N) is 1. The van der Waals surface area contributed by atoms with E-state index < -0.39 is 23.9 Å². The Hall–Kier alpha value is -1.88. The van der Waals surface area contributed by atoms with Gasteiger partial charge < -0.3 is 15.9 Å². The first-order valence-electron chi connectivity index (χ1n) is 6.76. The molecule has 110 valence electrons. The topological polar surface area (TPSA) is 101 Å². The Kier molecular flexibility index (Phi) is 6.73. The molecule has 0 bridgehead atoms. The van der Waals surface area contributed by atoms with Gasteiger partial charge in [-0.1, -0.05) is 36.8 Å². The van der Waals surface area contributed by atoms with Crippen LogP contribution in [0.5, 0.6) is 0 Å². The molecule has 20 heavy (non-hydrogen) atoms. The molecule has 0 unspecified atom stereocenters. The molecule has 0 aromatic heterocycles. The lowest BCUT2D eigenvalue weighted by atomic mass is 9.93. The maximum Gasteiger partial charge on any atom is 0.320 e. The lowest BCUT2D eigenvalue weighted by Crippen LogP contribution is -2.34. The molecule has 1 rings (SSSR count).